The lowest BCUT2D eigenvalue weighted by molar-refractivity contribution is -0.114. The molecule has 0 spiro atoms. The van der Waals surface area contributed by atoms with Crippen LogP contribution in [-0.4, -0.2) is 70.3 Å². The molecule has 1 aliphatic rings. The van der Waals surface area contributed by atoms with E-state index in [-0.39, 0.29) is 5.91 Å². The van der Waals surface area contributed by atoms with E-state index in [0.29, 0.717) is 13.2 Å². The highest BCUT2D eigenvalue weighted by molar-refractivity contribution is 5.88. The number of nitrogens with one attached hydrogen (secondary N) is 2. The summed E-state index contributed by atoms with van der Waals surface area (Å²) in [5, 5.41) is 6.13. The van der Waals surface area contributed by atoms with Crippen LogP contribution in [0.4, 0.5) is 11.4 Å². The van der Waals surface area contributed by atoms with Gasteiger partial charge in [-0.05, 0) is 24.3 Å². The van der Waals surface area contributed by atoms with Crippen molar-refractivity contribution in [2.45, 2.75) is 6.92 Å². The van der Waals surface area contributed by atoms with E-state index in [2.05, 4.69) is 37.6 Å². The van der Waals surface area contributed by atoms with Crippen molar-refractivity contribution in [3.63, 3.8) is 0 Å². The fourth-order valence-electron chi connectivity index (χ4n) is 3.51. The van der Waals surface area contributed by atoms with Gasteiger partial charge in [0, 0.05) is 63.7 Å². The summed E-state index contributed by atoms with van der Waals surface area (Å²) >= 11 is 0. The molecular formula is C23H31N5O3. The molecule has 166 valence electrons. The number of hydrogen-bond donors (Lipinski definition) is 2. The molecule has 31 heavy (non-hydrogen) atoms. The first kappa shape index (κ1) is 22.3. The molecule has 8 nitrogen and oxygen atoms in total. The van der Waals surface area contributed by atoms with Crippen molar-refractivity contribution in [1.29, 1.82) is 0 Å². The molecule has 0 atom stereocenters. The van der Waals surface area contributed by atoms with Gasteiger partial charge in [0.2, 0.25) is 5.91 Å². The van der Waals surface area contributed by atoms with E-state index >= 15 is 0 Å². The van der Waals surface area contributed by atoms with E-state index in [0.717, 1.165) is 49.3 Å². The molecule has 0 saturated carbocycles. The molecule has 0 bridgehead atoms. The highest BCUT2D eigenvalue weighted by atomic mass is 16.5. The second-order valence-electron chi connectivity index (χ2n) is 7.21. The minimum absolute atomic E-state index is 0.103. The average Bonchev–Trinajstić information content (AvgIpc) is 2.79. The minimum Gasteiger partial charge on any atom is -0.497 e. The molecule has 1 amide bonds. The Labute approximate surface area is 183 Å². The summed E-state index contributed by atoms with van der Waals surface area (Å²) in [5.74, 6) is 2.37. The molecule has 1 fully saturated rings. The largest absolute Gasteiger partial charge is 0.497 e. The third-order valence-corrected chi connectivity index (χ3v) is 5.02. The first-order chi connectivity index (χ1) is 15.1. The molecule has 0 radical (unpaired) electrons. The summed E-state index contributed by atoms with van der Waals surface area (Å²) in [4.78, 5) is 20.2. The molecule has 8 heteroatoms. The Balaban J connectivity index is 1.43. The van der Waals surface area contributed by atoms with Crippen LogP contribution in [0.15, 0.2) is 53.5 Å². The Hall–Kier alpha value is -3.42. The van der Waals surface area contributed by atoms with E-state index in [9.17, 15) is 4.79 Å². The molecule has 2 aromatic rings. The summed E-state index contributed by atoms with van der Waals surface area (Å²) in [7, 11) is 3.49. The van der Waals surface area contributed by atoms with Gasteiger partial charge in [0.1, 0.15) is 18.1 Å². The van der Waals surface area contributed by atoms with Crippen LogP contribution < -0.4 is 25.0 Å². The number of benzene rings is 2. The van der Waals surface area contributed by atoms with Crippen molar-refractivity contribution < 1.29 is 14.3 Å². The number of anilines is 2. The fraction of sp³-hybridized carbons (Fsp3) is 0.391. The number of hydrogen-bond acceptors (Lipinski definition) is 5. The Morgan fingerprint density at radius 3 is 2.52 bits per heavy atom. The number of methoxy groups -OCH3 is 1. The third kappa shape index (κ3) is 6.53. The topological polar surface area (TPSA) is 78.4 Å². The predicted molar refractivity (Wildman–Crippen MR) is 124 cm³/mol. The summed E-state index contributed by atoms with van der Waals surface area (Å²) in [5.41, 5.74) is 1.90. The van der Waals surface area contributed by atoms with Gasteiger partial charge in [-0.1, -0.05) is 12.1 Å². The van der Waals surface area contributed by atoms with Gasteiger partial charge in [0.05, 0.1) is 13.7 Å². The number of ether oxygens (including phenoxy) is 2. The van der Waals surface area contributed by atoms with Gasteiger partial charge >= 0.3 is 0 Å². The van der Waals surface area contributed by atoms with Crippen LogP contribution in [0.1, 0.15) is 6.92 Å². The highest BCUT2D eigenvalue weighted by Gasteiger charge is 2.20. The Kier molecular flexibility index (Phi) is 7.98. The third-order valence-electron chi connectivity index (χ3n) is 5.02. The average molecular weight is 426 g/mol. The zero-order valence-electron chi connectivity index (χ0n) is 18.4. The van der Waals surface area contributed by atoms with Crippen LogP contribution in [-0.2, 0) is 4.79 Å². The number of guanidine groups is 1. The van der Waals surface area contributed by atoms with Crippen LogP contribution in [0, 0.1) is 0 Å². The van der Waals surface area contributed by atoms with Crippen molar-refractivity contribution >= 4 is 23.2 Å². The maximum absolute atomic E-state index is 11.2. The predicted octanol–water partition coefficient (Wildman–Crippen LogP) is 2.43. The summed E-state index contributed by atoms with van der Waals surface area (Å²) in [6.07, 6.45) is 0. The number of piperazine rings is 1. The molecule has 1 aliphatic heterocycles. The van der Waals surface area contributed by atoms with Crippen molar-refractivity contribution in [3.8, 4) is 11.5 Å². The maximum Gasteiger partial charge on any atom is 0.221 e. The highest BCUT2D eigenvalue weighted by Crippen LogP contribution is 2.22. The summed E-state index contributed by atoms with van der Waals surface area (Å²) in [6, 6.07) is 15.5. The second kappa shape index (κ2) is 11.1. The quantitative estimate of drug-likeness (QED) is 0.403. The van der Waals surface area contributed by atoms with Crippen molar-refractivity contribution in [2.24, 2.45) is 4.99 Å². The molecule has 0 aliphatic carbocycles. The summed E-state index contributed by atoms with van der Waals surface area (Å²) < 4.78 is 11.1. The Bertz CT molecular complexity index is 894. The number of nitrogens with zero attached hydrogens (tertiary/aromatic N) is 3. The first-order valence-electron chi connectivity index (χ1n) is 10.4. The monoisotopic (exact) mass is 425 g/mol. The van der Waals surface area contributed by atoms with Crippen LogP contribution >= 0.6 is 0 Å². The van der Waals surface area contributed by atoms with Gasteiger partial charge in [-0.25, -0.2) is 0 Å². The number of amides is 1. The SMILES string of the molecule is CN=C(NCCOc1cccc(NC(C)=O)c1)N1CCN(c2cccc(OC)c2)CC1. The van der Waals surface area contributed by atoms with Gasteiger partial charge < -0.3 is 29.9 Å². The number of aliphatic imine (C=N–C) groups is 1. The first-order valence-corrected chi connectivity index (χ1v) is 10.4. The van der Waals surface area contributed by atoms with Crippen molar-refractivity contribution in [3.05, 3.63) is 48.5 Å². The lowest BCUT2D eigenvalue weighted by Gasteiger charge is -2.37. The molecule has 0 unspecified atom stereocenters. The molecule has 0 aromatic heterocycles. The number of carbonyl (C=O) groups is 1. The summed E-state index contributed by atoms with van der Waals surface area (Å²) in [6.45, 7) is 6.21. The molecule has 1 heterocycles. The van der Waals surface area contributed by atoms with Gasteiger partial charge in [0.15, 0.2) is 5.96 Å². The number of rotatable bonds is 7. The molecule has 3 rings (SSSR count). The molecular weight excluding hydrogens is 394 g/mol. The van der Waals surface area contributed by atoms with Gasteiger partial charge in [-0.15, -0.1) is 0 Å². The van der Waals surface area contributed by atoms with Crippen LogP contribution in [0.5, 0.6) is 11.5 Å². The lowest BCUT2D eigenvalue weighted by Crippen LogP contribution is -2.53. The normalized spacial score (nSPS) is 14.2. The van der Waals surface area contributed by atoms with Crippen LogP contribution in [0.3, 0.4) is 0 Å². The van der Waals surface area contributed by atoms with Gasteiger partial charge in [0.25, 0.3) is 0 Å². The lowest BCUT2D eigenvalue weighted by atomic mass is 10.2. The minimum atomic E-state index is -0.103. The molecule has 1 saturated heterocycles. The van der Waals surface area contributed by atoms with E-state index < -0.39 is 0 Å². The van der Waals surface area contributed by atoms with E-state index in [1.165, 1.54) is 12.6 Å². The van der Waals surface area contributed by atoms with E-state index in [1.807, 2.05) is 36.4 Å². The van der Waals surface area contributed by atoms with Gasteiger partial charge in [-0.2, -0.15) is 0 Å². The zero-order valence-corrected chi connectivity index (χ0v) is 18.4. The number of carbonyl (C=O) groups excluding carboxylic acids is 1. The smallest absolute Gasteiger partial charge is 0.221 e. The van der Waals surface area contributed by atoms with Crippen LogP contribution in [0.25, 0.3) is 0 Å². The fourth-order valence-corrected chi connectivity index (χ4v) is 3.51. The Morgan fingerprint density at radius 1 is 1.06 bits per heavy atom. The van der Waals surface area contributed by atoms with E-state index in [1.54, 1.807) is 14.2 Å². The maximum atomic E-state index is 11.2. The molecule has 2 aromatic carbocycles. The van der Waals surface area contributed by atoms with Gasteiger partial charge in [-0.3, -0.25) is 9.79 Å². The van der Waals surface area contributed by atoms with Crippen molar-refractivity contribution in [2.75, 3.05) is 63.7 Å². The standard InChI is InChI=1S/C23H31N5O3/c1-18(29)26-19-6-4-9-22(16-19)31-15-10-25-23(24-2)28-13-11-27(12-14-28)20-7-5-8-21(17-20)30-3/h4-9,16-17H,10-15H2,1-3H3,(H,24,25)(H,26,29). The molecule has 2 N–H and O–H groups in total. The second-order valence-corrected chi connectivity index (χ2v) is 7.21. The van der Waals surface area contributed by atoms with E-state index in [4.69, 9.17) is 9.47 Å². The van der Waals surface area contributed by atoms with Crippen molar-refractivity contribution in [1.82, 2.24) is 10.2 Å². The zero-order chi connectivity index (χ0) is 22.1. The van der Waals surface area contributed by atoms with Crippen LogP contribution in [0.2, 0.25) is 0 Å². The Morgan fingerprint density at radius 2 is 1.81 bits per heavy atom.